The maximum Gasteiger partial charge on any atom is 0.306 e. The molecule has 15 heavy (non-hydrogen) atoms. The molecule has 1 rings (SSSR count). The van der Waals surface area contributed by atoms with Crippen LogP contribution in [0.1, 0.15) is 12.8 Å². The molecule has 1 heterocycles. The molecule has 0 unspecified atom stereocenters. The number of nitro groups is 1. The van der Waals surface area contributed by atoms with Crippen LogP contribution in [0.4, 0.5) is 5.69 Å². The molecule has 0 spiro atoms. The van der Waals surface area contributed by atoms with Crippen LogP contribution in [-0.4, -0.2) is 20.6 Å². The van der Waals surface area contributed by atoms with Crippen molar-refractivity contribution in [1.82, 2.24) is 15.2 Å². The van der Waals surface area contributed by atoms with Gasteiger partial charge in [-0.1, -0.05) is 0 Å². The van der Waals surface area contributed by atoms with Crippen LogP contribution in [0.15, 0.2) is 12.4 Å². The number of rotatable bonds is 5. The lowest BCUT2D eigenvalue weighted by Gasteiger charge is -1.99. The number of nitrogens with zero attached hydrogens (tertiary/aromatic N) is 3. The first-order chi connectivity index (χ1) is 7.13. The molecule has 1 aromatic heterocycles. The number of carbonyl (C=O) groups is 1. The van der Waals surface area contributed by atoms with Crippen molar-refractivity contribution in [3.05, 3.63) is 22.5 Å². The van der Waals surface area contributed by atoms with Crippen LogP contribution >= 0.6 is 0 Å². The molecular formula is C7H11N5O3. The molecule has 0 fully saturated rings. The Hall–Kier alpha value is -1.96. The van der Waals surface area contributed by atoms with Gasteiger partial charge in [0.05, 0.1) is 4.92 Å². The Morgan fingerprint density at radius 3 is 3.00 bits per heavy atom. The fourth-order valence-corrected chi connectivity index (χ4v) is 1.04. The molecule has 0 aromatic carbocycles. The number of aryl methyl sites for hydroxylation is 1. The normalized spacial score (nSPS) is 9.93. The van der Waals surface area contributed by atoms with E-state index in [1.807, 2.05) is 5.43 Å². The second-order valence-corrected chi connectivity index (χ2v) is 2.89. The van der Waals surface area contributed by atoms with Crippen molar-refractivity contribution < 1.29 is 9.72 Å². The van der Waals surface area contributed by atoms with E-state index in [0.717, 1.165) is 0 Å². The molecule has 0 saturated carbocycles. The molecule has 0 radical (unpaired) electrons. The van der Waals surface area contributed by atoms with Crippen LogP contribution in [0, 0.1) is 10.1 Å². The summed E-state index contributed by atoms with van der Waals surface area (Å²) in [7, 11) is 0. The summed E-state index contributed by atoms with van der Waals surface area (Å²) in [4.78, 5) is 20.5. The van der Waals surface area contributed by atoms with E-state index in [0.29, 0.717) is 13.0 Å². The highest BCUT2D eigenvalue weighted by Crippen LogP contribution is 2.08. The summed E-state index contributed by atoms with van der Waals surface area (Å²) in [6.07, 6.45) is 3.29. The van der Waals surface area contributed by atoms with Gasteiger partial charge in [-0.2, -0.15) is 5.10 Å². The van der Waals surface area contributed by atoms with Gasteiger partial charge in [-0.25, -0.2) is 5.84 Å². The molecule has 82 valence electrons. The minimum Gasteiger partial charge on any atom is -0.294 e. The van der Waals surface area contributed by atoms with Crippen LogP contribution in [0.2, 0.25) is 0 Å². The minimum absolute atomic E-state index is 0.0572. The Kier molecular flexibility index (Phi) is 3.75. The quantitative estimate of drug-likeness (QED) is 0.297. The summed E-state index contributed by atoms with van der Waals surface area (Å²) < 4.78 is 1.42. The third-order valence-electron chi connectivity index (χ3n) is 1.78. The molecule has 3 N–H and O–H groups in total. The molecule has 0 atom stereocenters. The van der Waals surface area contributed by atoms with Gasteiger partial charge in [0, 0.05) is 13.0 Å². The van der Waals surface area contributed by atoms with Gasteiger partial charge < -0.3 is 0 Å². The highest BCUT2D eigenvalue weighted by Gasteiger charge is 2.08. The molecule has 0 saturated heterocycles. The number of hydrogen-bond acceptors (Lipinski definition) is 5. The summed E-state index contributed by atoms with van der Waals surface area (Å²) in [5.74, 6) is 4.62. The number of amides is 1. The van der Waals surface area contributed by atoms with Gasteiger partial charge in [0.25, 0.3) is 0 Å². The minimum atomic E-state index is -0.518. The van der Waals surface area contributed by atoms with Crippen molar-refractivity contribution in [3.8, 4) is 0 Å². The van der Waals surface area contributed by atoms with E-state index >= 15 is 0 Å². The zero-order valence-corrected chi connectivity index (χ0v) is 7.92. The van der Waals surface area contributed by atoms with Gasteiger partial charge in [0.1, 0.15) is 12.4 Å². The van der Waals surface area contributed by atoms with E-state index in [1.165, 1.54) is 17.1 Å². The van der Waals surface area contributed by atoms with Crippen LogP contribution in [0.5, 0.6) is 0 Å². The van der Waals surface area contributed by atoms with E-state index in [1.54, 1.807) is 0 Å². The van der Waals surface area contributed by atoms with Crippen LogP contribution in [-0.2, 0) is 11.3 Å². The van der Waals surface area contributed by atoms with Gasteiger partial charge in [0.15, 0.2) is 0 Å². The van der Waals surface area contributed by atoms with Gasteiger partial charge in [0.2, 0.25) is 5.91 Å². The van der Waals surface area contributed by atoms with E-state index in [9.17, 15) is 14.9 Å². The SMILES string of the molecule is NNC(=O)CCCn1cc([N+](=O)[O-])cn1. The summed E-state index contributed by atoms with van der Waals surface area (Å²) in [5.41, 5.74) is 1.94. The lowest BCUT2D eigenvalue weighted by molar-refractivity contribution is -0.385. The maximum absolute atomic E-state index is 10.7. The second kappa shape index (κ2) is 5.05. The average molecular weight is 213 g/mol. The van der Waals surface area contributed by atoms with E-state index in [4.69, 9.17) is 5.84 Å². The van der Waals surface area contributed by atoms with Crippen LogP contribution in [0.25, 0.3) is 0 Å². The van der Waals surface area contributed by atoms with Gasteiger partial charge in [-0.3, -0.25) is 25.0 Å². The number of hydrazine groups is 1. The van der Waals surface area contributed by atoms with Crippen molar-refractivity contribution in [2.24, 2.45) is 5.84 Å². The zero-order chi connectivity index (χ0) is 11.3. The molecular weight excluding hydrogens is 202 g/mol. The van der Waals surface area contributed by atoms with E-state index in [2.05, 4.69) is 5.10 Å². The van der Waals surface area contributed by atoms with Crippen molar-refractivity contribution in [2.75, 3.05) is 0 Å². The third kappa shape index (κ3) is 3.35. The van der Waals surface area contributed by atoms with E-state index in [-0.39, 0.29) is 18.0 Å². The summed E-state index contributed by atoms with van der Waals surface area (Å²) >= 11 is 0. The number of nitrogens with two attached hydrogens (primary N) is 1. The topological polar surface area (TPSA) is 116 Å². The predicted octanol–water partition coefficient (Wildman–Crippen LogP) is -0.439. The Morgan fingerprint density at radius 1 is 1.73 bits per heavy atom. The molecule has 1 amide bonds. The lowest BCUT2D eigenvalue weighted by atomic mass is 10.3. The van der Waals surface area contributed by atoms with Crippen molar-refractivity contribution in [1.29, 1.82) is 0 Å². The van der Waals surface area contributed by atoms with E-state index < -0.39 is 4.92 Å². The Balaban J connectivity index is 2.38. The number of aromatic nitrogens is 2. The Labute approximate surface area is 85.2 Å². The van der Waals surface area contributed by atoms with Crippen molar-refractivity contribution >= 4 is 11.6 Å². The predicted molar refractivity (Wildman–Crippen MR) is 50.4 cm³/mol. The number of nitrogens with one attached hydrogen (secondary N) is 1. The lowest BCUT2D eigenvalue weighted by Crippen LogP contribution is -2.29. The van der Waals surface area contributed by atoms with Crippen molar-refractivity contribution in [2.45, 2.75) is 19.4 Å². The van der Waals surface area contributed by atoms with Crippen LogP contribution in [0.3, 0.4) is 0 Å². The Morgan fingerprint density at radius 2 is 2.47 bits per heavy atom. The average Bonchev–Trinajstić information content (AvgIpc) is 2.66. The summed E-state index contributed by atoms with van der Waals surface area (Å²) in [6, 6.07) is 0. The maximum atomic E-state index is 10.7. The molecule has 0 aliphatic heterocycles. The molecule has 1 aromatic rings. The van der Waals surface area contributed by atoms with Gasteiger partial charge in [-0.15, -0.1) is 0 Å². The third-order valence-corrected chi connectivity index (χ3v) is 1.78. The van der Waals surface area contributed by atoms with Crippen LogP contribution < -0.4 is 11.3 Å². The van der Waals surface area contributed by atoms with Crippen molar-refractivity contribution in [3.63, 3.8) is 0 Å². The number of carbonyl (C=O) groups excluding carboxylic acids is 1. The summed E-state index contributed by atoms with van der Waals surface area (Å²) in [6.45, 7) is 0.446. The monoisotopic (exact) mass is 213 g/mol. The summed E-state index contributed by atoms with van der Waals surface area (Å²) in [5, 5.41) is 14.1. The standard InChI is InChI=1S/C7H11N5O3/c8-10-7(13)2-1-3-11-5-6(4-9-11)12(14)15/h4-5H,1-3,8H2,(H,10,13). The Bertz CT molecular complexity index is 361. The molecule has 8 heteroatoms. The molecule has 0 aliphatic carbocycles. The fraction of sp³-hybridized carbons (Fsp3) is 0.429. The fourth-order valence-electron chi connectivity index (χ4n) is 1.04. The zero-order valence-electron chi connectivity index (χ0n) is 7.92. The molecule has 0 bridgehead atoms. The molecule has 0 aliphatic rings. The highest BCUT2D eigenvalue weighted by molar-refractivity contribution is 5.74. The van der Waals surface area contributed by atoms with Gasteiger partial charge in [-0.05, 0) is 6.42 Å². The largest absolute Gasteiger partial charge is 0.306 e. The smallest absolute Gasteiger partial charge is 0.294 e. The molecule has 8 nitrogen and oxygen atoms in total. The second-order valence-electron chi connectivity index (χ2n) is 2.89. The number of hydrogen-bond donors (Lipinski definition) is 2. The highest BCUT2D eigenvalue weighted by atomic mass is 16.6. The first kappa shape index (κ1) is 11.1. The van der Waals surface area contributed by atoms with Gasteiger partial charge >= 0.3 is 5.69 Å². The first-order valence-corrected chi connectivity index (χ1v) is 4.30. The first-order valence-electron chi connectivity index (χ1n) is 4.30.